The molecule has 2 aliphatic rings. The van der Waals surface area contributed by atoms with Crippen LogP contribution in [0.4, 0.5) is 0 Å². The van der Waals surface area contributed by atoms with Crippen LogP contribution in [-0.2, 0) is 6.42 Å². The summed E-state index contributed by atoms with van der Waals surface area (Å²) in [6.07, 6.45) is 5.69. The summed E-state index contributed by atoms with van der Waals surface area (Å²) in [6, 6.07) is 9.08. The molecular formula is C18H27BrN2O. The molecule has 0 bridgehead atoms. The lowest BCUT2D eigenvalue weighted by atomic mass is 9.91. The SMILES string of the molecule is O[C@H]1CCCC[C@@H]1N1CCN(CCc2ccc(Br)cc2)CC1. The van der Waals surface area contributed by atoms with Gasteiger partial charge in [-0.05, 0) is 37.0 Å². The maximum absolute atomic E-state index is 10.2. The Balaban J connectivity index is 1.42. The molecule has 1 aliphatic carbocycles. The molecule has 1 saturated carbocycles. The summed E-state index contributed by atoms with van der Waals surface area (Å²) in [4.78, 5) is 5.09. The van der Waals surface area contributed by atoms with E-state index < -0.39 is 0 Å². The zero-order valence-electron chi connectivity index (χ0n) is 13.3. The number of halogens is 1. The van der Waals surface area contributed by atoms with Crippen LogP contribution in [0.1, 0.15) is 31.2 Å². The lowest BCUT2D eigenvalue weighted by Crippen LogP contribution is -2.54. The Morgan fingerprint density at radius 2 is 1.68 bits per heavy atom. The average Bonchev–Trinajstić information content (AvgIpc) is 2.55. The molecule has 2 fully saturated rings. The van der Waals surface area contributed by atoms with Crippen LogP contribution >= 0.6 is 15.9 Å². The normalized spacial score (nSPS) is 27.9. The second-order valence-corrected chi connectivity index (χ2v) is 7.59. The minimum absolute atomic E-state index is 0.0944. The van der Waals surface area contributed by atoms with Crippen molar-refractivity contribution in [1.82, 2.24) is 9.80 Å². The Labute approximate surface area is 142 Å². The highest BCUT2D eigenvalue weighted by atomic mass is 79.9. The molecule has 1 N–H and O–H groups in total. The number of nitrogens with zero attached hydrogens (tertiary/aromatic N) is 2. The van der Waals surface area contributed by atoms with E-state index in [-0.39, 0.29) is 6.10 Å². The summed E-state index contributed by atoms with van der Waals surface area (Å²) >= 11 is 3.49. The van der Waals surface area contributed by atoms with Crippen LogP contribution in [0.15, 0.2) is 28.7 Å². The molecular weight excluding hydrogens is 340 g/mol. The average molecular weight is 367 g/mol. The number of rotatable bonds is 4. The monoisotopic (exact) mass is 366 g/mol. The van der Waals surface area contributed by atoms with E-state index in [1.807, 2.05) is 0 Å². The van der Waals surface area contributed by atoms with Crippen LogP contribution in [0, 0.1) is 0 Å². The van der Waals surface area contributed by atoms with Gasteiger partial charge in [0.1, 0.15) is 0 Å². The van der Waals surface area contributed by atoms with Crippen molar-refractivity contribution >= 4 is 15.9 Å². The molecule has 22 heavy (non-hydrogen) atoms. The molecule has 1 aliphatic heterocycles. The summed E-state index contributed by atoms with van der Waals surface area (Å²) in [6.45, 7) is 5.65. The molecule has 1 aromatic carbocycles. The molecule has 4 heteroatoms. The minimum Gasteiger partial charge on any atom is -0.391 e. The van der Waals surface area contributed by atoms with Gasteiger partial charge < -0.3 is 10.0 Å². The Kier molecular flexibility index (Phi) is 5.91. The van der Waals surface area contributed by atoms with E-state index in [1.165, 1.54) is 24.8 Å². The third kappa shape index (κ3) is 4.31. The third-order valence-electron chi connectivity index (χ3n) is 5.20. The molecule has 1 saturated heterocycles. The third-order valence-corrected chi connectivity index (χ3v) is 5.73. The van der Waals surface area contributed by atoms with Gasteiger partial charge in [-0.1, -0.05) is 40.9 Å². The van der Waals surface area contributed by atoms with Gasteiger partial charge in [0.05, 0.1) is 6.10 Å². The van der Waals surface area contributed by atoms with Crippen molar-refractivity contribution in [3.8, 4) is 0 Å². The second-order valence-electron chi connectivity index (χ2n) is 6.67. The van der Waals surface area contributed by atoms with Crippen LogP contribution in [0.25, 0.3) is 0 Å². The number of hydrogen-bond donors (Lipinski definition) is 1. The first-order chi connectivity index (χ1) is 10.7. The van der Waals surface area contributed by atoms with Crippen molar-refractivity contribution in [3.05, 3.63) is 34.3 Å². The standard InChI is InChI=1S/C18H27BrN2O/c19-16-7-5-15(6-8-16)9-10-20-11-13-21(14-12-20)17-3-1-2-4-18(17)22/h5-8,17-18,22H,1-4,9-14H2/t17-,18-/m0/s1. The maximum atomic E-state index is 10.2. The van der Waals surface area contributed by atoms with Gasteiger partial charge in [-0.2, -0.15) is 0 Å². The highest BCUT2D eigenvalue weighted by molar-refractivity contribution is 9.10. The second kappa shape index (κ2) is 7.91. The van der Waals surface area contributed by atoms with Gasteiger partial charge in [0, 0.05) is 43.2 Å². The van der Waals surface area contributed by atoms with E-state index in [4.69, 9.17) is 0 Å². The number of hydrogen-bond acceptors (Lipinski definition) is 3. The molecule has 0 aromatic heterocycles. The Bertz CT molecular complexity index is 457. The highest BCUT2D eigenvalue weighted by Crippen LogP contribution is 2.24. The first-order valence-corrected chi connectivity index (χ1v) is 9.40. The van der Waals surface area contributed by atoms with E-state index in [2.05, 4.69) is 50.0 Å². The largest absolute Gasteiger partial charge is 0.391 e. The molecule has 1 heterocycles. The molecule has 0 unspecified atom stereocenters. The summed E-state index contributed by atoms with van der Waals surface area (Å²) in [5, 5.41) is 10.2. The van der Waals surface area contributed by atoms with Gasteiger partial charge in [0.25, 0.3) is 0 Å². The van der Waals surface area contributed by atoms with E-state index in [0.29, 0.717) is 6.04 Å². The fraction of sp³-hybridized carbons (Fsp3) is 0.667. The van der Waals surface area contributed by atoms with Gasteiger partial charge in [-0.15, -0.1) is 0 Å². The maximum Gasteiger partial charge on any atom is 0.0695 e. The molecule has 0 radical (unpaired) electrons. The quantitative estimate of drug-likeness (QED) is 0.887. The first-order valence-electron chi connectivity index (χ1n) is 8.61. The zero-order valence-corrected chi connectivity index (χ0v) is 14.8. The Morgan fingerprint density at radius 1 is 1.00 bits per heavy atom. The first kappa shape index (κ1) is 16.4. The molecule has 0 amide bonds. The lowest BCUT2D eigenvalue weighted by Gasteiger charge is -2.42. The van der Waals surface area contributed by atoms with Crippen LogP contribution in [0.3, 0.4) is 0 Å². The molecule has 3 rings (SSSR count). The number of aliphatic hydroxyl groups is 1. The smallest absolute Gasteiger partial charge is 0.0695 e. The van der Waals surface area contributed by atoms with Crippen LogP contribution < -0.4 is 0 Å². The van der Waals surface area contributed by atoms with Crippen molar-refractivity contribution in [3.63, 3.8) is 0 Å². The van der Waals surface area contributed by atoms with E-state index in [9.17, 15) is 5.11 Å². The molecule has 3 nitrogen and oxygen atoms in total. The minimum atomic E-state index is -0.0944. The summed E-state index contributed by atoms with van der Waals surface area (Å²) in [5.74, 6) is 0. The van der Waals surface area contributed by atoms with Crippen LogP contribution in [-0.4, -0.2) is 59.8 Å². The topological polar surface area (TPSA) is 26.7 Å². The van der Waals surface area contributed by atoms with Crippen molar-refractivity contribution < 1.29 is 5.11 Å². The van der Waals surface area contributed by atoms with Gasteiger partial charge >= 0.3 is 0 Å². The van der Waals surface area contributed by atoms with Crippen molar-refractivity contribution in [2.24, 2.45) is 0 Å². The van der Waals surface area contributed by atoms with Gasteiger partial charge in [0.15, 0.2) is 0 Å². The van der Waals surface area contributed by atoms with Crippen molar-refractivity contribution in [2.45, 2.75) is 44.2 Å². The predicted octanol–water partition coefficient (Wildman–Crippen LogP) is 2.91. The van der Waals surface area contributed by atoms with Crippen LogP contribution in [0.5, 0.6) is 0 Å². The van der Waals surface area contributed by atoms with Gasteiger partial charge in [-0.3, -0.25) is 4.90 Å². The van der Waals surface area contributed by atoms with E-state index >= 15 is 0 Å². The number of piperazine rings is 1. The number of aliphatic hydroxyl groups excluding tert-OH is 1. The molecule has 122 valence electrons. The Hall–Kier alpha value is -0.420. The molecule has 2 atom stereocenters. The highest BCUT2D eigenvalue weighted by Gasteiger charge is 2.30. The van der Waals surface area contributed by atoms with Crippen molar-refractivity contribution in [1.29, 1.82) is 0 Å². The van der Waals surface area contributed by atoms with Crippen molar-refractivity contribution in [2.75, 3.05) is 32.7 Å². The van der Waals surface area contributed by atoms with E-state index in [1.54, 1.807) is 0 Å². The Morgan fingerprint density at radius 3 is 2.36 bits per heavy atom. The predicted molar refractivity (Wildman–Crippen MR) is 94.1 cm³/mol. The summed E-state index contributed by atoms with van der Waals surface area (Å²) in [5.41, 5.74) is 1.41. The van der Waals surface area contributed by atoms with Gasteiger partial charge in [0.2, 0.25) is 0 Å². The van der Waals surface area contributed by atoms with E-state index in [0.717, 1.165) is 50.0 Å². The van der Waals surface area contributed by atoms with Gasteiger partial charge in [-0.25, -0.2) is 0 Å². The summed E-state index contributed by atoms with van der Waals surface area (Å²) < 4.78 is 1.15. The fourth-order valence-electron chi connectivity index (χ4n) is 3.77. The zero-order chi connectivity index (χ0) is 15.4. The molecule has 0 spiro atoms. The lowest BCUT2D eigenvalue weighted by molar-refractivity contribution is -0.00329. The summed E-state index contributed by atoms with van der Waals surface area (Å²) in [7, 11) is 0. The molecule has 1 aromatic rings. The fourth-order valence-corrected chi connectivity index (χ4v) is 4.04. The number of benzene rings is 1. The van der Waals surface area contributed by atoms with Crippen LogP contribution in [0.2, 0.25) is 0 Å².